The molecule has 3 amide bonds. The third-order valence-electron chi connectivity index (χ3n) is 5.37. The van der Waals surface area contributed by atoms with Gasteiger partial charge in [0.25, 0.3) is 0 Å². The number of aliphatic carboxylic acids is 1. The van der Waals surface area contributed by atoms with E-state index in [1.165, 1.54) is 7.11 Å². The van der Waals surface area contributed by atoms with E-state index in [9.17, 15) is 19.2 Å². The molecule has 0 bridgehead atoms. The predicted octanol–water partition coefficient (Wildman–Crippen LogP) is 1.29. The highest BCUT2D eigenvalue weighted by atomic mass is 16.6. The maximum Gasteiger partial charge on any atom is 0.410 e. The first-order valence-electron chi connectivity index (χ1n) is 14.4. The van der Waals surface area contributed by atoms with Crippen molar-refractivity contribution in [2.45, 2.75) is 52.7 Å². The summed E-state index contributed by atoms with van der Waals surface area (Å²) in [5.74, 6) is -1.01. The Morgan fingerprint density at radius 2 is 1.02 bits per heavy atom. The Morgan fingerprint density at radius 3 is 1.42 bits per heavy atom. The number of ether oxygens (including phenoxy) is 6. The minimum absolute atomic E-state index is 0.0514. The summed E-state index contributed by atoms with van der Waals surface area (Å²) >= 11 is 0. The van der Waals surface area contributed by atoms with Crippen molar-refractivity contribution in [3.8, 4) is 0 Å². The van der Waals surface area contributed by atoms with Crippen LogP contribution in [0.5, 0.6) is 0 Å². The van der Waals surface area contributed by atoms with Crippen LogP contribution in [0.1, 0.15) is 41.5 Å². The van der Waals surface area contributed by atoms with Crippen LogP contribution >= 0.6 is 0 Å². The summed E-state index contributed by atoms with van der Waals surface area (Å²) < 4.78 is 29.8. The molecule has 0 radical (unpaired) electrons. The summed E-state index contributed by atoms with van der Waals surface area (Å²) in [5.41, 5.74) is -0.888. The average molecular weight is 623 g/mol. The van der Waals surface area contributed by atoms with Crippen molar-refractivity contribution >= 4 is 24.1 Å². The molecule has 0 unspecified atom stereocenters. The highest BCUT2D eigenvalue weighted by Crippen LogP contribution is 2.12. The van der Waals surface area contributed by atoms with Crippen LogP contribution in [0.4, 0.5) is 9.59 Å². The van der Waals surface area contributed by atoms with Crippen molar-refractivity contribution in [1.29, 1.82) is 0 Å². The molecular formula is C28H54N4O11. The molecular weight excluding hydrogens is 568 g/mol. The summed E-state index contributed by atoms with van der Waals surface area (Å²) in [6.45, 7) is 17.8. The molecule has 2 fully saturated rings. The van der Waals surface area contributed by atoms with Crippen LogP contribution in [0, 0.1) is 0 Å². The number of carboxylic acids is 1. The molecule has 0 aromatic carbocycles. The van der Waals surface area contributed by atoms with Crippen molar-refractivity contribution in [3.05, 3.63) is 0 Å². The maximum absolute atomic E-state index is 11.9. The topological polar surface area (TPSA) is 166 Å². The number of hydrogen-bond donors (Lipinski definition) is 2. The van der Waals surface area contributed by atoms with E-state index in [1.807, 2.05) is 41.5 Å². The van der Waals surface area contributed by atoms with Gasteiger partial charge in [-0.3, -0.25) is 4.79 Å². The second-order valence-electron chi connectivity index (χ2n) is 11.6. The maximum atomic E-state index is 11.9. The standard InChI is InChI=1S/C14H26N2O5.C9H18N2O2.C5H10O4/c1-14(2,3)21-13(18)16-7-5-15(6-8-16)12(17)11-20-10-9-19-4;1-9(2,3)13-8(12)11-6-4-10-5-7-11;1-8-2-3-9-4-5(6)7/h5-11H2,1-4H3;10H,4-7H2,1-3H3;2-4H2,1H3,(H,6,7). The summed E-state index contributed by atoms with van der Waals surface area (Å²) in [6, 6.07) is 0. The van der Waals surface area contributed by atoms with E-state index in [2.05, 4.69) is 14.8 Å². The van der Waals surface area contributed by atoms with Crippen LogP contribution in [0.3, 0.4) is 0 Å². The molecule has 0 atom stereocenters. The van der Waals surface area contributed by atoms with Crippen molar-refractivity contribution in [2.24, 2.45) is 0 Å². The van der Waals surface area contributed by atoms with Crippen molar-refractivity contribution in [3.63, 3.8) is 0 Å². The van der Waals surface area contributed by atoms with E-state index in [4.69, 9.17) is 24.1 Å². The number of methoxy groups -OCH3 is 2. The first-order chi connectivity index (χ1) is 20.1. The molecule has 2 aliphatic heterocycles. The Balaban J connectivity index is 0.000000682. The normalized spacial score (nSPS) is 15.4. The third kappa shape index (κ3) is 22.5. The molecule has 0 aliphatic carbocycles. The molecule has 2 aliphatic rings. The Morgan fingerprint density at radius 1 is 0.628 bits per heavy atom. The fraction of sp³-hybridized carbons (Fsp3) is 0.857. The zero-order valence-corrected chi connectivity index (χ0v) is 27.3. The number of carboxylic acid groups (broad SMARTS) is 1. The van der Waals surface area contributed by atoms with E-state index in [1.54, 1.807) is 21.8 Å². The van der Waals surface area contributed by atoms with Gasteiger partial charge in [0.1, 0.15) is 24.4 Å². The van der Waals surface area contributed by atoms with Gasteiger partial charge in [-0.1, -0.05) is 0 Å². The Bertz CT molecular complexity index is 802. The van der Waals surface area contributed by atoms with Crippen LogP contribution in [0.2, 0.25) is 0 Å². The highest BCUT2D eigenvalue weighted by Gasteiger charge is 2.27. The van der Waals surface area contributed by atoms with E-state index in [0.717, 1.165) is 26.2 Å². The minimum atomic E-state index is -0.953. The number of amides is 3. The lowest BCUT2D eigenvalue weighted by Crippen LogP contribution is -2.52. The molecule has 2 heterocycles. The summed E-state index contributed by atoms with van der Waals surface area (Å²) in [6.07, 6.45) is -0.528. The summed E-state index contributed by atoms with van der Waals surface area (Å²) in [7, 11) is 3.12. The Labute approximate surface area is 256 Å². The fourth-order valence-corrected chi connectivity index (χ4v) is 3.33. The number of carbonyl (C=O) groups is 4. The van der Waals surface area contributed by atoms with E-state index in [-0.39, 0.29) is 36.9 Å². The first-order valence-corrected chi connectivity index (χ1v) is 14.4. The number of nitrogens with one attached hydrogen (secondary N) is 1. The predicted molar refractivity (Wildman–Crippen MR) is 158 cm³/mol. The molecule has 2 N–H and O–H groups in total. The molecule has 2 rings (SSSR count). The zero-order valence-electron chi connectivity index (χ0n) is 27.3. The molecule has 15 heteroatoms. The van der Waals surface area contributed by atoms with Crippen LogP contribution in [0.25, 0.3) is 0 Å². The SMILES string of the molecule is CC(C)(C)OC(=O)N1CCNCC1.COCCOCC(=O)N1CCN(C(=O)OC(C)(C)C)CC1.COCCOCC(=O)O. The summed E-state index contributed by atoms with van der Waals surface area (Å²) in [4.78, 5) is 50.1. The molecule has 252 valence electrons. The minimum Gasteiger partial charge on any atom is -0.480 e. The number of nitrogens with zero attached hydrogens (tertiary/aromatic N) is 3. The van der Waals surface area contributed by atoms with Crippen LogP contribution in [-0.2, 0) is 38.0 Å². The lowest BCUT2D eigenvalue weighted by molar-refractivity contribution is -0.142. The van der Waals surface area contributed by atoms with E-state index in [0.29, 0.717) is 52.6 Å². The number of carbonyl (C=O) groups excluding carboxylic acids is 3. The van der Waals surface area contributed by atoms with Gasteiger partial charge in [-0.05, 0) is 41.5 Å². The fourth-order valence-electron chi connectivity index (χ4n) is 3.33. The van der Waals surface area contributed by atoms with E-state index >= 15 is 0 Å². The number of piperazine rings is 2. The van der Waals surface area contributed by atoms with Gasteiger partial charge in [0.05, 0.1) is 26.4 Å². The quantitative estimate of drug-likeness (QED) is 0.336. The van der Waals surface area contributed by atoms with Crippen LogP contribution < -0.4 is 5.32 Å². The number of hydrogen-bond acceptors (Lipinski definition) is 11. The van der Waals surface area contributed by atoms with Gasteiger partial charge in [-0.25, -0.2) is 14.4 Å². The molecule has 15 nitrogen and oxygen atoms in total. The van der Waals surface area contributed by atoms with Gasteiger partial charge in [0, 0.05) is 66.6 Å². The van der Waals surface area contributed by atoms with Crippen LogP contribution in [-0.4, -0.2) is 161 Å². The zero-order chi connectivity index (χ0) is 32.9. The molecule has 0 spiro atoms. The molecule has 2 saturated heterocycles. The lowest BCUT2D eigenvalue weighted by Gasteiger charge is -2.35. The third-order valence-corrected chi connectivity index (χ3v) is 5.37. The average Bonchev–Trinajstić information content (AvgIpc) is 2.93. The molecule has 0 saturated carbocycles. The van der Waals surface area contributed by atoms with Gasteiger partial charge < -0.3 is 53.5 Å². The van der Waals surface area contributed by atoms with Gasteiger partial charge in [0.2, 0.25) is 5.91 Å². The van der Waals surface area contributed by atoms with Gasteiger partial charge in [-0.15, -0.1) is 0 Å². The number of rotatable bonds is 10. The van der Waals surface area contributed by atoms with Gasteiger partial charge in [-0.2, -0.15) is 0 Å². The van der Waals surface area contributed by atoms with Gasteiger partial charge >= 0.3 is 18.2 Å². The lowest BCUT2D eigenvalue weighted by atomic mass is 10.2. The van der Waals surface area contributed by atoms with Crippen molar-refractivity contribution in [1.82, 2.24) is 20.0 Å². The van der Waals surface area contributed by atoms with Crippen LogP contribution in [0.15, 0.2) is 0 Å². The smallest absolute Gasteiger partial charge is 0.410 e. The van der Waals surface area contributed by atoms with Crippen molar-refractivity contribution in [2.75, 3.05) is 106 Å². The van der Waals surface area contributed by atoms with Crippen molar-refractivity contribution < 1.29 is 52.7 Å². The van der Waals surface area contributed by atoms with Gasteiger partial charge in [0.15, 0.2) is 0 Å². The highest BCUT2D eigenvalue weighted by molar-refractivity contribution is 5.78. The first kappa shape index (κ1) is 40.3. The monoisotopic (exact) mass is 622 g/mol. The summed E-state index contributed by atoms with van der Waals surface area (Å²) in [5, 5.41) is 11.2. The second kappa shape index (κ2) is 21.9. The molecule has 0 aromatic rings. The largest absolute Gasteiger partial charge is 0.480 e. The second-order valence-corrected chi connectivity index (χ2v) is 11.6. The molecule has 0 aromatic heterocycles. The molecule has 43 heavy (non-hydrogen) atoms. The Hall–Kier alpha value is -2.72. The Kier molecular flexibility index (Phi) is 20.5. The van der Waals surface area contributed by atoms with E-state index < -0.39 is 11.6 Å².